The summed E-state index contributed by atoms with van der Waals surface area (Å²) in [5, 5.41) is 11.6. The predicted octanol–water partition coefficient (Wildman–Crippen LogP) is 1.92. The van der Waals surface area contributed by atoms with E-state index in [1.54, 1.807) is 0 Å². The predicted molar refractivity (Wildman–Crippen MR) is 69.6 cm³/mol. The Morgan fingerprint density at radius 2 is 2.22 bits per heavy atom. The number of hydrogen-bond donors (Lipinski definition) is 1. The Hall–Kier alpha value is -1.36. The van der Waals surface area contributed by atoms with Crippen molar-refractivity contribution in [1.82, 2.24) is 4.57 Å². The molecule has 1 rings (SSSR count). The molecule has 5 heteroatoms. The fourth-order valence-electron chi connectivity index (χ4n) is 1.73. The van der Waals surface area contributed by atoms with E-state index in [1.807, 2.05) is 28.6 Å². The molecule has 0 fully saturated rings. The Bertz CT molecular complexity index is 391. The number of imidazole rings is 1. The molecule has 1 N–H and O–H groups in total. The standard InChI is InChI=1S/C13H23N3O2/c1-13(2,3)6-5-9-18-11-16-8-7-15(4)12(16)10-14-17/h7-8,10H,5-6,9,11H2,1-4H3/p+1. The summed E-state index contributed by atoms with van der Waals surface area (Å²) in [4.78, 5) is 0. The highest BCUT2D eigenvalue weighted by Crippen LogP contribution is 2.20. The molecule has 1 aromatic rings. The summed E-state index contributed by atoms with van der Waals surface area (Å²) >= 11 is 0. The van der Waals surface area contributed by atoms with Gasteiger partial charge < -0.3 is 9.94 Å². The van der Waals surface area contributed by atoms with Crippen LogP contribution in [0.4, 0.5) is 0 Å². The number of nitrogens with zero attached hydrogens (tertiary/aromatic N) is 3. The minimum atomic E-state index is 0.359. The van der Waals surface area contributed by atoms with Crippen molar-refractivity contribution in [3.8, 4) is 0 Å². The topological polar surface area (TPSA) is 50.6 Å². The van der Waals surface area contributed by atoms with Crippen molar-refractivity contribution in [3.63, 3.8) is 0 Å². The van der Waals surface area contributed by atoms with Crippen molar-refractivity contribution in [2.75, 3.05) is 6.61 Å². The summed E-state index contributed by atoms with van der Waals surface area (Å²) < 4.78 is 9.39. The van der Waals surface area contributed by atoms with Crippen LogP contribution in [0, 0.1) is 5.41 Å². The van der Waals surface area contributed by atoms with Crippen molar-refractivity contribution in [3.05, 3.63) is 18.2 Å². The minimum Gasteiger partial charge on any atom is -0.411 e. The van der Waals surface area contributed by atoms with E-state index in [1.165, 1.54) is 6.21 Å². The maximum Gasteiger partial charge on any atom is 0.305 e. The summed E-state index contributed by atoms with van der Waals surface area (Å²) in [6.07, 6.45) is 7.41. The lowest BCUT2D eigenvalue weighted by Gasteiger charge is -2.17. The smallest absolute Gasteiger partial charge is 0.305 e. The van der Waals surface area contributed by atoms with Crippen LogP contribution in [0.2, 0.25) is 0 Å². The minimum absolute atomic E-state index is 0.359. The zero-order valence-corrected chi connectivity index (χ0v) is 11.8. The fourth-order valence-corrected chi connectivity index (χ4v) is 1.73. The van der Waals surface area contributed by atoms with Crippen LogP contribution in [0.25, 0.3) is 0 Å². The first kappa shape index (κ1) is 14.7. The Balaban J connectivity index is 2.36. The van der Waals surface area contributed by atoms with Gasteiger partial charge in [-0.3, -0.25) is 0 Å². The molecular weight excluding hydrogens is 230 g/mol. The molecular formula is C13H24N3O2+. The zero-order chi connectivity index (χ0) is 13.6. The first-order valence-electron chi connectivity index (χ1n) is 6.24. The third kappa shape index (κ3) is 4.87. The van der Waals surface area contributed by atoms with Crippen LogP contribution in [-0.2, 0) is 18.5 Å². The van der Waals surface area contributed by atoms with E-state index in [9.17, 15) is 0 Å². The molecule has 1 aromatic heterocycles. The van der Waals surface area contributed by atoms with Crippen LogP contribution in [0.3, 0.4) is 0 Å². The van der Waals surface area contributed by atoms with Crippen molar-refractivity contribution >= 4 is 6.21 Å². The van der Waals surface area contributed by atoms with Gasteiger partial charge in [-0.15, -0.1) is 0 Å². The first-order chi connectivity index (χ1) is 8.44. The Kier molecular flexibility index (Phi) is 5.34. The van der Waals surface area contributed by atoms with E-state index in [4.69, 9.17) is 9.94 Å². The second-order valence-corrected chi connectivity index (χ2v) is 5.68. The molecule has 5 nitrogen and oxygen atoms in total. The highest BCUT2D eigenvalue weighted by Gasteiger charge is 2.13. The fraction of sp³-hybridized carbons (Fsp3) is 0.692. The number of ether oxygens (including phenoxy) is 1. The van der Waals surface area contributed by atoms with Crippen LogP contribution in [-0.4, -0.2) is 22.6 Å². The molecule has 102 valence electrons. The van der Waals surface area contributed by atoms with Crippen molar-refractivity contribution in [2.24, 2.45) is 17.6 Å². The average Bonchev–Trinajstić information content (AvgIpc) is 2.60. The summed E-state index contributed by atoms with van der Waals surface area (Å²) in [7, 11) is 1.90. The van der Waals surface area contributed by atoms with Gasteiger partial charge >= 0.3 is 5.82 Å². The molecule has 0 saturated carbocycles. The molecule has 0 aliphatic heterocycles. The van der Waals surface area contributed by atoms with Crippen LogP contribution in [0.15, 0.2) is 17.5 Å². The van der Waals surface area contributed by atoms with E-state index < -0.39 is 0 Å². The molecule has 0 atom stereocenters. The second-order valence-electron chi connectivity index (χ2n) is 5.68. The van der Waals surface area contributed by atoms with Gasteiger partial charge in [0, 0.05) is 0 Å². The molecule has 0 bridgehead atoms. The Labute approximate surface area is 109 Å². The Morgan fingerprint density at radius 3 is 2.83 bits per heavy atom. The molecule has 0 radical (unpaired) electrons. The maximum atomic E-state index is 8.59. The monoisotopic (exact) mass is 254 g/mol. The Morgan fingerprint density at radius 1 is 1.50 bits per heavy atom. The number of rotatable bonds is 6. The molecule has 0 aliphatic carbocycles. The van der Waals surface area contributed by atoms with Crippen molar-refractivity contribution < 1.29 is 14.5 Å². The maximum absolute atomic E-state index is 8.59. The third-order valence-corrected chi connectivity index (χ3v) is 2.74. The lowest BCUT2D eigenvalue weighted by atomic mass is 9.91. The van der Waals surface area contributed by atoms with Gasteiger partial charge in [0.25, 0.3) is 0 Å². The molecule has 1 heterocycles. The second kappa shape index (κ2) is 6.54. The lowest BCUT2D eigenvalue weighted by Crippen LogP contribution is -2.32. The van der Waals surface area contributed by atoms with E-state index in [0.29, 0.717) is 12.1 Å². The summed E-state index contributed by atoms with van der Waals surface area (Å²) in [5.74, 6) is 0.799. The van der Waals surface area contributed by atoms with Crippen molar-refractivity contribution in [2.45, 2.75) is 40.3 Å². The first-order valence-corrected chi connectivity index (χ1v) is 6.24. The zero-order valence-electron chi connectivity index (χ0n) is 11.8. The number of aryl methyl sites for hydroxylation is 1. The van der Waals surface area contributed by atoms with Crippen molar-refractivity contribution in [1.29, 1.82) is 0 Å². The van der Waals surface area contributed by atoms with Gasteiger partial charge in [-0.05, 0) is 18.3 Å². The van der Waals surface area contributed by atoms with Crippen LogP contribution < -0.4 is 4.57 Å². The van der Waals surface area contributed by atoms with Crippen LogP contribution >= 0.6 is 0 Å². The van der Waals surface area contributed by atoms with Gasteiger partial charge in [0.2, 0.25) is 0 Å². The van der Waals surface area contributed by atoms with E-state index in [-0.39, 0.29) is 0 Å². The van der Waals surface area contributed by atoms with Gasteiger partial charge in [0.05, 0.1) is 13.7 Å². The van der Waals surface area contributed by atoms with Crippen LogP contribution in [0.5, 0.6) is 0 Å². The summed E-state index contributed by atoms with van der Waals surface area (Å²) in [6.45, 7) is 7.92. The number of oxime groups is 1. The molecule has 0 aromatic carbocycles. The molecule has 0 amide bonds. The molecule has 0 saturated heterocycles. The lowest BCUT2D eigenvalue weighted by molar-refractivity contribution is -0.672. The van der Waals surface area contributed by atoms with Gasteiger partial charge in [-0.25, -0.2) is 9.13 Å². The summed E-state index contributed by atoms with van der Waals surface area (Å²) in [6, 6.07) is 0. The normalized spacial score (nSPS) is 12.4. The highest BCUT2D eigenvalue weighted by molar-refractivity contribution is 5.72. The largest absolute Gasteiger partial charge is 0.411 e. The van der Waals surface area contributed by atoms with Gasteiger partial charge in [-0.1, -0.05) is 25.9 Å². The summed E-state index contributed by atoms with van der Waals surface area (Å²) in [5.41, 5.74) is 0.359. The van der Waals surface area contributed by atoms with Crippen LogP contribution in [0.1, 0.15) is 39.4 Å². The van der Waals surface area contributed by atoms with Gasteiger partial charge in [0.15, 0.2) is 12.9 Å². The van der Waals surface area contributed by atoms with E-state index in [2.05, 4.69) is 25.9 Å². The highest BCUT2D eigenvalue weighted by atomic mass is 16.5. The molecule has 0 unspecified atom stereocenters. The molecule has 18 heavy (non-hydrogen) atoms. The number of hydrogen-bond acceptors (Lipinski definition) is 3. The average molecular weight is 254 g/mol. The number of aromatic nitrogens is 2. The third-order valence-electron chi connectivity index (χ3n) is 2.74. The van der Waals surface area contributed by atoms with Gasteiger partial charge in [0.1, 0.15) is 12.4 Å². The SMILES string of the molecule is C[n+]1ccn(COCCCC(C)(C)C)c1C=NO. The van der Waals surface area contributed by atoms with E-state index in [0.717, 1.165) is 25.3 Å². The van der Waals surface area contributed by atoms with Gasteiger partial charge in [-0.2, -0.15) is 0 Å². The quantitative estimate of drug-likeness (QED) is 0.277. The molecule has 0 spiro atoms. The molecule has 0 aliphatic rings. The van der Waals surface area contributed by atoms with E-state index >= 15 is 0 Å².